The fourth-order valence-electron chi connectivity index (χ4n) is 17.2. The van der Waals surface area contributed by atoms with Gasteiger partial charge in [-0.2, -0.15) is 19.9 Å². The van der Waals surface area contributed by atoms with Gasteiger partial charge in [0.05, 0.1) is 58.8 Å². The fourth-order valence-corrected chi connectivity index (χ4v) is 17.2. The zero-order valence-electron chi connectivity index (χ0n) is 51.6. The van der Waals surface area contributed by atoms with E-state index in [1.54, 1.807) is 11.8 Å². The Morgan fingerprint density at radius 2 is 1.15 bits per heavy atom. The summed E-state index contributed by atoms with van der Waals surface area (Å²) in [4.78, 5) is 35.8. The highest BCUT2D eigenvalue weighted by atomic mass is 19.2. The van der Waals surface area contributed by atoms with Gasteiger partial charge in [0.15, 0.2) is 11.6 Å². The quantitative estimate of drug-likeness (QED) is 0.0744. The summed E-state index contributed by atoms with van der Waals surface area (Å²) in [5, 5.41) is 44.6. The topological polar surface area (TPSA) is 199 Å². The number of aromatic hydroxyl groups is 2. The van der Waals surface area contributed by atoms with Crippen molar-refractivity contribution in [1.29, 1.82) is 0 Å². The third-order valence-electron chi connectivity index (χ3n) is 21.6. The number of aromatic nitrogens is 6. The molecule has 17 rings (SSSR count). The average molecular weight is 1290 g/mol. The van der Waals surface area contributed by atoms with Crippen LogP contribution in [0.5, 0.6) is 23.5 Å². The van der Waals surface area contributed by atoms with Crippen LogP contribution < -0.4 is 19.3 Å². The van der Waals surface area contributed by atoms with Gasteiger partial charge in [0.25, 0.3) is 0 Å². The van der Waals surface area contributed by atoms with Gasteiger partial charge >= 0.3 is 12.0 Å². The third-order valence-corrected chi connectivity index (χ3v) is 21.6. The molecule has 3 saturated carbocycles. The second-order valence-electron chi connectivity index (χ2n) is 28.6. The maximum Gasteiger partial charge on any atom is 0.319 e. The summed E-state index contributed by atoms with van der Waals surface area (Å²) >= 11 is 0. The van der Waals surface area contributed by atoms with Gasteiger partial charge in [-0.1, -0.05) is 24.0 Å². The predicted octanol–water partition coefficient (Wildman–Crippen LogP) is 10.1. The van der Waals surface area contributed by atoms with Crippen molar-refractivity contribution in [3.8, 4) is 70.7 Å². The number of β-amino-alcohol motifs (C(OH)–C–C–N with tert-alkyl or cyclic N) is 1. The molecular weight excluding hydrogens is 1220 g/mol. The number of fused-ring (bicyclic) bond motifs is 8. The Balaban J connectivity index is 0.000000149. The average Bonchev–Trinajstić information content (AvgIpc) is 1.15. The molecule has 0 amide bonds. The number of ether oxygens (including phenoxy) is 3. The molecule has 4 aromatic carbocycles. The number of phenols is 2. The molecule has 10 heterocycles. The molecule has 6 aliphatic heterocycles. The molecule has 6 saturated heterocycles. The summed E-state index contributed by atoms with van der Waals surface area (Å²) < 4.78 is 111. The number of aliphatic hydroxyl groups excluding tert-OH is 1. The Bertz CT molecular complexity index is 4560. The molecule has 9 aliphatic rings. The molecule has 8 unspecified atom stereocenters. The smallest absolute Gasteiger partial charge is 0.319 e. The number of hydrogen-bond donors (Lipinski definition) is 4. The van der Waals surface area contributed by atoms with E-state index in [9.17, 15) is 38.0 Å². The number of phenolic OH excluding ortho intramolecular Hbond substituents is 2. The zero-order chi connectivity index (χ0) is 65.0. The molecule has 486 valence electrons. The summed E-state index contributed by atoms with van der Waals surface area (Å²) in [6, 6.07) is 10.7. The number of pyridine rings is 2. The van der Waals surface area contributed by atoms with Crippen LogP contribution in [0.15, 0.2) is 60.9 Å². The minimum absolute atomic E-state index is 0.0217. The number of alkyl halides is 2. The van der Waals surface area contributed by atoms with Crippen molar-refractivity contribution in [3.05, 3.63) is 95.3 Å². The fraction of sp³-hybridized carbons (Fsp3) is 0.465. The Morgan fingerprint density at radius 1 is 0.649 bits per heavy atom. The molecule has 23 heteroatoms. The number of benzene rings is 4. The molecule has 0 radical (unpaired) electrons. The molecule has 94 heavy (non-hydrogen) atoms. The van der Waals surface area contributed by atoms with E-state index in [1.165, 1.54) is 60.9 Å². The number of anilines is 2. The number of terminal acetylenes is 2. The van der Waals surface area contributed by atoms with Gasteiger partial charge in [-0.05, 0) is 122 Å². The summed E-state index contributed by atoms with van der Waals surface area (Å²) in [5.41, 5.74) is -2.18. The van der Waals surface area contributed by atoms with E-state index in [0.717, 1.165) is 58.0 Å². The lowest BCUT2D eigenvalue weighted by atomic mass is 9.89. The number of halogens is 6. The predicted molar refractivity (Wildman–Crippen MR) is 339 cm³/mol. The Labute approximate surface area is 537 Å². The van der Waals surface area contributed by atoms with Crippen LogP contribution in [-0.4, -0.2) is 174 Å². The molecular formula is C71H68F6N10O7. The van der Waals surface area contributed by atoms with Crippen molar-refractivity contribution in [2.24, 2.45) is 22.7 Å². The minimum Gasteiger partial charge on any atom is -0.508 e. The van der Waals surface area contributed by atoms with E-state index < -0.39 is 58.4 Å². The van der Waals surface area contributed by atoms with Crippen LogP contribution in [0.4, 0.5) is 38.0 Å². The molecule has 2 spiro atoms. The molecule has 4 aromatic heterocycles. The summed E-state index contributed by atoms with van der Waals surface area (Å²) in [6.07, 6.45) is 20.5. The monoisotopic (exact) mass is 1290 g/mol. The number of aliphatic hydroxyl groups is 2. The van der Waals surface area contributed by atoms with Gasteiger partial charge in [0.2, 0.25) is 0 Å². The van der Waals surface area contributed by atoms with Crippen molar-refractivity contribution in [2.75, 3.05) is 88.6 Å². The SMILES string of the molecule is C#Cc1c(F)ccc2cc(O)cc(-c3ncc4c(N5CC6CC(O)C(C6)C5)nc(OCC56CC(F)CN5CC5(CC5)C6)nc4c3F)c12.C#Cc1c(F)ccc2cc(O)cc(-c3ncc4c(N5CCOCC(C)(O)C5)nc(OCC56CC(F)CN5CC5(CC5)C6)nc4c3F)c12. The summed E-state index contributed by atoms with van der Waals surface area (Å²) in [7, 11) is 0. The van der Waals surface area contributed by atoms with Crippen LogP contribution in [0.1, 0.15) is 82.3 Å². The second kappa shape index (κ2) is 22.1. The molecule has 8 aromatic rings. The van der Waals surface area contributed by atoms with Crippen LogP contribution in [-0.2, 0) is 4.74 Å². The van der Waals surface area contributed by atoms with E-state index in [0.29, 0.717) is 86.4 Å². The standard InChI is InChI=1S/C36H34F3N5O3.C35H34F3N5O4/c1-2-24-27(38)4-3-20-9-23(45)10-25(29(20)24)31-30(39)32-26(12-40-31)33(43-13-19-7-21(14-43)28(46)8-19)42-34(41-32)47-18-36-11-22(37)15-44(36)17-35(16-36)5-6-35;1-3-23-26(37)5-4-20-10-22(44)11-24(27(20)23)29-28(38)30-25(13-39-29)31(42-8-9-46-18-33(2,45)16-42)41-32(40-30)47-19-35-12-21(36)14-43(35)17-34(15-35)6-7-34/h1,3-4,9-10,12,19,21-22,28,45-46H,5-8,11,13-18H2;1,4-5,10-11,13,21,44-45H,6-9,12,14-19H2,2H3. The van der Waals surface area contributed by atoms with Gasteiger partial charge < -0.3 is 44.4 Å². The van der Waals surface area contributed by atoms with Crippen LogP contribution >= 0.6 is 0 Å². The largest absolute Gasteiger partial charge is 0.508 e. The normalized spacial score (nSPS) is 28.0. The van der Waals surface area contributed by atoms with Crippen LogP contribution in [0.2, 0.25) is 0 Å². The Morgan fingerprint density at radius 3 is 1.63 bits per heavy atom. The van der Waals surface area contributed by atoms with E-state index in [1.807, 2.05) is 0 Å². The lowest BCUT2D eigenvalue weighted by Crippen LogP contribution is -2.44. The van der Waals surface area contributed by atoms with Crippen LogP contribution in [0.3, 0.4) is 0 Å². The summed E-state index contributed by atoms with van der Waals surface area (Å²) in [6.45, 7) is 6.47. The van der Waals surface area contributed by atoms with Gasteiger partial charge in [-0.25, -0.2) is 26.3 Å². The van der Waals surface area contributed by atoms with Crippen LogP contribution in [0, 0.1) is 70.6 Å². The highest BCUT2D eigenvalue weighted by molar-refractivity contribution is 6.04. The molecule has 2 bridgehead atoms. The van der Waals surface area contributed by atoms with E-state index >= 15 is 8.78 Å². The Hall–Kier alpha value is -8.32. The first-order valence-corrected chi connectivity index (χ1v) is 32.2. The van der Waals surface area contributed by atoms with Gasteiger partial charge in [-0.15, -0.1) is 12.8 Å². The molecule has 17 nitrogen and oxygen atoms in total. The van der Waals surface area contributed by atoms with Crippen LogP contribution in [0.25, 0.3) is 65.9 Å². The molecule has 9 fully saturated rings. The molecule has 4 N–H and O–H groups in total. The third kappa shape index (κ3) is 10.4. The van der Waals surface area contributed by atoms with Gasteiger partial charge in [-0.3, -0.25) is 19.8 Å². The summed E-state index contributed by atoms with van der Waals surface area (Å²) in [5.74, 6) is 2.50. The van der Waals surface area contributed by atoms with Crippen molar-refractivity contribution >= 4 is 55.0 Å². The van der Waals surface area contributed by atoms with E-state index in [-0.39, 0.29) is 133 Å². The number of nitrogens with zero attached hydrogens (tertiary/aromatic N) is 10. The lowest BCUT2D eigenvalue weighted by molar-refractivity contribution is -0.0123. The van der Waals surface area contributed by atoms with Crippen molar-refractivity contribution < 1.29 is 61.0 Å². The number of rotatable bonds is 10. The van der Waals surface area contributed by atoms with Crippen molar-refractivity contribution in [2.45, 2.75) is 106 Å². The molecule has 3 aliphatic carbocycles. The van der Waals surface area contributed by atoms with Crippen molar-refractivity contribution in [1.82, 2.24) is 39.7 Å². The first-order valence-electron chi connectivity index (χ1n) is 32.2. The first kappa shape index (κ1) is 60.6. The van der Waals surface area contributed by atoms with Gasteiger partial charge in [0.1, 0.15) is 88.3 Å². The Kier molecular flexibility index (Phi) is 14.3. The minimum atomic E-state index is -1.22. The van der Waals surface area contributed by atoms with E-state index in [4.69, 9.17) is 37.0 Å². The van der Waals surface area contributed by atoms with Gasteiger partial charge in [0, 0.05) is 98.9 Å². The lowest BCUT2D eigenvalue weighted by Gasteiger charge is -2.34. The maximum absolute atomic E-state index is 16.9. The maximum atomic E-state index is 16.9. The second-order valence-corrected chi connectivity index (χ2v) is 28.6. The molecule has 8 atom stereocenters. The highest BCUT2D eigenvalue weighted by Crippen LogP contribution is 2.62. The highest BCUT2D eigenvalue weighted by Gasteiger charge is 2.64. The van der Waals surface area contributed by atoms with E-state index in [2.05, 4.69) is 46.5 Å². The first-order chi connectivity index (χ1) is 45.1. The zero-order valence-corrected chi connectivity index (χ0v) is 51.6. The number of hydrogen-bond acceptors (Lipinski definition) is 17. The van der Waals surface area contributed by atoms with Crippen molar-refractivity contribution in [3.63, 3.8) is 0 Å². The number of piperidine rings is 1.